The van der Waals surface area contributed by atoms with Gasteiger partial charge >= 0.3 is 0 Å². The van der Waals surface area contributed by atoms with Gasteiger partial charge in [-0.05, 0) is 79.9 Å². The minimum absolute atomic E-state index is 0.597. The fraction of sp³-hybridized carbons (Fsp3) is 0.556. The summed E-state index contributed by atoms with van der Waals surface area (Å²) >= 11 is 23.8. The number of nitrogens with zero attached hydrogens (tertiary/aromatic N) is 2. The quantitative estimate of drug-likeness (QED) is 0.169. The highest BCUT2D eigenvalue weighted by atomic mass is 35.5. The van der Waals surface area contributed by atoms with E-state index in [2.05, 4.69) is 70.7 Å². The van der Waals surface area contributed by atoms with Crippen LogP contribution in [0.15, 0.2) is 36.4 Å². The SMILES string of the molecule is Cc1cc(N(CCCl)CCCl)ccc1CNCCCNCc1ccc(N(CCCl)CCCl)cc1C. The van der Waals surface area contributed by atoms with E-state index in [9.17, 15) is 0 Å². The normalized spacial score (nSPS) is 11.1. The lowest BCUT2D eigenvalue weighted by molar-refractivity contribution is 0.593. The molecule has 0 radical (unpaired) electrons. The molecule has 0 bridgehead atoms. The van der Waals surface area contributed by atoms with Gasteiger partial charge < -0.3 is 20.4 Å². The highest BCUT2D eigenvalue weighted by Gasteiger charge is 2.09. The van der Waals surface area contributed by atoms with E-state index in [1.807, 2.05) is 0 Å². The van der Waals surface area contributed by atoms with Crippen molar-refractivity contribution in [3.63, 3.8) is 0 Å². The van der Waals surface area contributed by atoms with E-state index in [0.29, 0.717) is 23.5 Å². The molecule has 0 aliphatic heterocycles. The molecule has 2 rings (SSSR count). The summed E-state index contributed by atoms with van der Waals surface area (Å²) in [5.41, 5.74) is 7.60. The Balaban J connectivity index is 1.72. The first-order valence-corrected chi connectivity index (χ1v) is 14.5. The standard InChI is InChI=1S/C27H40Cl4N4/c1-22-18-26(34(14-8-28)15-9-29)6-4-24(22)20-32-12-3-13-33-21-25-5-7-27(19-23(25)2)35(16-10-30)17-11-31/h4-7,18-19,32-33H,3,8-17,20-21H2,1-2H3. The molecule has 0 atom stereocenters. The summed E-state index contributed by atoms with van der Waals surface area (Å²) in [7, 11) is 0. The number of hydrogen-bond acceptors (Lipinski definition) is 4. The molecule has 0 saturated heterocycles. The molecular weight excluding hydrogens is 522 g/mol. The number of nitrogens with one attached hydrogen (secondary N) is 2. The summed E-state index contributed by atoms with van der Waals surface area (Å²) in [5, 5.41) is 7.14. The van der Waals surface area contributed by atoms with Crippen LogP contribution in [-0.4, -0.2) is 62.8 Å². The lowest BCUT2D eigenvalue weighted by atomic mass is 10.1. The smallest absolute Gasteiger partial charge is 0.0399 e. The summed E-state index contributed by atoms with van der Waals surface area (Å²) < 4.78 is 0. The van der Waals surface area contributed by atoms with Crippen molar-refractivity contribution in [3.8, 4) is 0 Å². The van der Waals surface area contributed by atoms with Gasteiger partial charge in [-0.2, -0.15) is 0 Å². The maximum absolute atomic E-state index is 5.95. The Bertz CT molecular complexity index is 784. The Morgan fingerprint density at radius 2 is 0.971 bits per heavy atom. The molecule has 2 aromatic rings. The van der Waals surface area contributed by atoms with E-state index in [-0.39, 0.29) is 0 Å². The van der Waals surface area contributed by atoms with Crippen LogP contribution < -0.4 is 20.4 Å². The first kappa shape index (κ1) is 30.3. The van der Waals surface area contributed by atoms with Crippen molar-refractivity contribution in [1.82, 2.24) is 10.6 Å². The highest BCUT2D eigenvalue weighted by Crippen LogP contribution is 2.21. The Morgan fingerprint density at radius 1 is 0.600 bits per heavy atom. The van der Waals surface area contributed by atoms with Crippen molar-refractivity contribution in [1.29, 1.82) is 0 Å². The van der Waals surface area contributed by atoms with Crippen molar-refractivity contribution in [3.05, 3.63) is 58.7 Å². The molecule has 2 N–H and O–H groups in total. The molecule has 0 aliphatic rings. The lowest BCUT2D eigenvalue weighted by Crippen LogP contribution is -2.28. The molecule has 0 aliphatic carbocycles. The zero-order valence-corrected chi connectivity index (χ0v) is 24.1. The second-order valence-corrected chi connectivity index (χ2v) is 10.2. The van der Waals surface area contributed by atoms with Gasteiger partial charge in [0, 0.05) is 74.2 Å². The topological polar surface area (TPSA) is 30.5 Å². The zero-order chi connectivity index (χ0) is 25.5. The molecule has 196 valence electrons. The Morgan fingerprint density at radius 3 is 1.29 bits per heavy atom. The van der Waals surface area contributed by atoms with E-state index in [1.165, 1.54) is 33.6 Å². The van der Waals surface area contributed by atoms with Gasteiger partial charge in [-0.3, -0.25) is 0 Å². The van der Waals surface area contributed by atoms with E-state index in [1.54, 1.807) is 0 Å². The third-order valence-electron chi connectivity index (χ3n) is 6.14. The van der Waals surface area contributed by atoms with Crippen molar-refractivity contribution in [2.45, 2.75) is 33.4 Å². The summed E-state index contributed by atoms with van der Waals surface area (Å²) in [6, 6.07) is 13.2. The fourth-order valence-electron chi connectivity index (χ4n) is 4.08. The average Bonchev–Trinajstić information content (AvgIpc) is 2.84. The second kappa shape index (κ2) is 17.6. The third kappa shape index (κ3) is 10.6. The molecule has 0 fully saturated rings. The monoisotopic (exact) mass is 560 g/mol. The van der Waals surface area contributed by atoms with Gasteiger partial charge in [0.05, 0.1) is 0 Å². The summed E-state index contributed by atoms with van der Waals surface area (Å²) in [5.74, 6) is 2.39. The minimum atomic E-state index is 0.597. The maximum atomic E-state index is 5.95. The van der Waals surface area contributed by atoms with Crippen LogP contribution >= 0.6 is 46.4 Å². The van der Waals surface area contributed by atoms with Gasteiger partial charge in [-0.25, -0.2) is 0 Å². The van der Waals surface area contributed by atoms with Gasteiger partial charge in [0.1, 0.15) is 0 Å². The summed E-state index contributed by atoms with van der Waals surface area (Å²) in [6.07, 6.45) is 1.08. The van der Waals surface area contributed by atoms with E-state index < -0.39 is 0 Å². The molecule has 0 spiro atoms. The molecule has 0 aromatic heterocycles. The van der Waals surface area contributed by atoms with Crippen molar-refractivity contribution in [2.75, 3.05) is 72.6 Å². The number of aryl methyl sites for hydroxylation is 2. The zero-order valence-electron chi connectivity index (χ0n) is 21.1. The molecular formula is C27H40Cl4N4. The largest absolute Gasteiger partial charge is 0.369 e. The Labute approximate surface area is 232 Å². The van der Waals surface area contributed by atoms with Crippen LogP contribution in [0.2, 0.25) is 0 Å². The molecule has 0 amide bonds. The van der Waals surface area contributed by atoms with Crippen LogP contribution in [0.1, 0.15) is 28.7 Å². The minimum Gasteiger partial charge on any atom is -0.369 e. The van der Waals surface area contributed by atoms with Gasteiger partial charge in [-0.1, -0.05) is 12.1 Å². The molecule has 35 heavy (non-hydrogen) atoms. The molecule has 8 heteroatoms. The first-order chi connectivity index (χ1) is 17.0. The van der Waals surface area contributed by atoms with Crippen LogP contribution in [0.4, 0.5) is 11.4 Å². The highest BCUT2D eigenvalue weighted by molar-refractivity contribution is 6.19. The van der Waals surface area contributed by atoms with Crippen molar-refractivity contribution in [2.24, 2.45) is 0 Å². The summed E-state index contributed by atoms with van der Waals surface area (Å²) in [4.78, 5) is 4.47. The van der Waals surface area contributed by atoms with Crippen LogP contribution in [0.25, 0.3) is 0 Å². The van der Waals surface area contributed by atoms with Crippen LogP contribution in [0, 0.1) is 13.8 Å². The van der Waals surface area contributed by atoms with Crippen molar-refractivity contribution >= 4 is 57.8 Å². The number of rotatable bonds is 18. The van der Waals surface area contributed by atoms with E-state index >= 15 is 0 Å². The van der Waals surface area contributed by atoms with Gasteiger partial charge in [0.15, 0.2) is 0 Å². The van der Waals surface area contributed by atoms with Crippen LogP contribution in [-0.2, 0) is 13.1 Å². The third-order valence-corrected chi connectivity index (χ3v) is 6.81. The fourth-order valence-corrected chi connectivity index (χ4v) is 4.90. The number of alkyl halides is 4. The van der Waals surface area contributed by atoms with Gasteiger partial charge in [0.2, 0.25) is 0 Å². The predicted molar refractivity (Wildman–Crippen MR) is 158 cm³/mol. The molecule has 0 saturated carbocycles. The second-order valence-electron chi connectivity index (χ2n) is 8.66. The Kier molecular flexibility index (Phi) is 15.2. The number of anilines is 2. The number of benzene rings is 2. The molecule has 0 heterocycles. The van der Waals surface area contributed by atoms with Gasteiger partial charge in [-0.15, -0.1) is 46.4 Å². The predicted octanol–water partition coefficient (Wildman–Crippen LogP) is 6.14. The molecule has 0 unspecified atom stereocenters. The average molecular weight is 562 g/mol. The number of halogens is 4. The Hall–Kier alpha value is -0.880. The van der Waals surface area contributed by atoms with Gasteiger partial charge in [0.25, 0.3) is 0 Å². The van der Waals surface area contributed by atoms with Crippen LogP contribution in [0.5, 0.6) is 0 Å². The molecule has 2 aromatic carbocycles. The van der Waals surface area contributed by atoms with Crippen LogP contribution in [0.3, 0.4) is 0 Å². The van der Waals surface area contributed by atoms with Crippen molar-refractivity contribution < 1.29 is 0 Å². The first-order valence-electron chi connectivity index (χ1n) is 12.4. The maximum Gasteiger partial charge on any atom is 0.0399 e. The number of hydrogen-bond donors (Lipinski definition) is 2. The lowest BCUT2D eigenvalue weighted by Gasteiger charge is -2.24. The van der Waals surface area contributed by atoms with E-state index in [0.717, 1.165) is 58.8 Å². The molecule has 4 nitrogen and oxygen atoms in total. The van der Waals surface area contributed by atoms with E-state index in [4.69, 9.17) is 46.4 Å². The summed E-state index contributed by atoms with van der Waals surface area (Å²) in [6.45, 7) is 11.3.